The van der Waals surface area contributed by atoms with Gasteiger partial charge >= 0.3 is 0 Å². The highest BCUT2D eigenvalue weighted by atomic mass is 14.5. The summed E-state index contributed by atoms with van der Waals surface area (Å²) >= 11 is 0. The van der Waals surface area contributed by atoms with Crippen molar-refractivity contribution in [2.24, 2.45) is 16.2 Å². The fraction of sp³-hybridized carbons (Fsp3) is 1.00. The van der Waals surface area contributed by atoms with Crippen LogP contribution in [-0.2, 0) is 0 Å². The predicted octanol–water partition coefficient (Wildman–Crippen LogP) is 6.84. The molecule has 0 saturated heterocycles. The first-order valence-electron chi connectivity index (χ1n) is 8.24. The van der Waals surface area contributed by atoms with Crippen LogP contribution in [0.15, 0.2) is 0 Å². The van der Waals surface area contributed by atoms with Gasteiger partial charge in [0.15, 0.2) is 0 Å². The third-order valence-corrected chi connectivity index (χ3v) is 6.03. The van der Waals surface area contributed by atoms with Crippen LogP contribution in [0.1, 0.15) is 100 Å². The average Bonchev–Trinajstić information content (AvgIpc) is 2.29. The molecule has 0 aliphatic carbocycles. The molecule has 0 heteroatoms. The summed E-state index contributed by atoms with van der Waals surface area (Å²) in [6.07, 6.45) is 9.32. The van der Waals surface area contributed by atoms with Crippen molar-refractivity contribution in [3.8, 4) is 0 Å². The van der Waals surface area contributed by atoms with E-state index in [1.54, 1.807) is 0 Å². The van der Waals surface area contributed by atoms with Gasteiger partial charge in [-0.15, -0.1) is 0 Å². The lowest BCUT2D eigenvalue weighted by Gasteiger charge is -2.56. The van der Waals surface area contributed by atoms with Gasteiger partial charge in [-0.3, -0.25) is 0 Å². The molecule has 0 aromatic carbocycles. The van der Waals surface area contributed by atoms with E-state index in [0.717, 1.165) is 0 Å². The standard InChI is InChI=1S/C18H38/c1-9-13-16(5,6)18(8,15-11-3)17(7,12-4)14-10-2/h9-15H2,1-8H3. The number of hydrogen-bond donors (Lipinski definition) is 0. The number of rotatable bonds is 9. The maximum absolute atomic E-state index is 2.57. The average molecular weight is 255 g/mol. The molecule has 0 nitrogen and oxygen atoms in total. The molecule has 18 heavy (non-hydrogen) atoms. The van der Waals surface area contributed by atoms with Crippen LogP contribution in [0.2, 0.25) is 0 Å². The van der Waals surface area contributed by atoms with Crippen LogP contribution < -0.4 is 0 Å². The van der Waals surface area contributed by atoms with Crippen LogP contribution >= 0.6 is 0 Å². The summed E-state index contributed by atoms with van der Waals surface area (Å²) in [6.45, 7) is 19.6. The van der Waals surface area contributed by atoms with Gasteiger partial charge in [0.25, 0.3) is 0 Å². The van der Waals surface area contributed by atoms with Crippen molar-refractivity contribution in [3.63, 3.8) is 0 Å². The lowest BCUT2D eigenvalue weighted by Crippen LogP contribution is -2.48. The molecule has 0 saturated carbocycles. The SMILES string of the molecule is CCCC(C)(C)C(C)(CCC)C(C)(CC)CCC. The van der Waals surface area contributed by atoms with Crippen molar-refractivity contribution >= 4 is 0 Å². The molecular weight excluding hydrogens is 216 g/mol. The van der Waals surface area contributed by atoms with Crippen molar-refractivity contribution in [1.82, 2.24) is 0 Å². The van der Waals surface area contributed by atoms with Gasteiger partial charge < -0.3 is 0 Å². The van der Waals surface area contributed by atoms with Crippen molar-refractivity contribution in [2.45, 2.75) is 100 Å². The molecule has 2 atom stereocenters. The minimum atomic E-state index is 0.442. The zero-order valence-electron chi connectivity index (χ0n) is 14.4. The highest BCUT2D eigenvalue weighted by Crippen LogP contribution is 2.59. The van der Waals surface area contributed by atoms with Gasteiger partial charge in [0.05, 0.1) is 0 Å². The van der Waals surface area contributed by atoms with E-state index < -0.39 is 0 Å². The second-order valence-corrected chi connectivity index (χ2v) is 7.38. The molecule has 0 N–H and O–H groups in total. The Bertz CT molecular complexity index is 228. The Labute approximate surface area is 117 Å². The quantitative estimate of drug-likeness (QED) is 0.423. The van der Waals surface area contributed by atoms with Crippen LogP contribution in [0, 0.1) is 16.2 Å². The molecule has 0 fully saturated rings. The van der Waals surface area contributed by atoms with Gasteiger partial charge in [-0.05, 0) is 35.5 Å². The molecular formula is C18H38. The Hall–Kier alpha value is 0. The molecule has 0 bridgehead atoms. The molecule has 2 unspecified atom stereocenters. The van der Waals surface area contributed by atoms with E-state index in [4.69, 9.17) is 0 Å². The van der Waals surface area contributed by atoms with E-state index in [2.05, 4.69) is 55.4 Å². The summed E-state index contributed by atoms with van der Waals surface area (Å²) in [6, 6.07) is 0. The van der Waals surface area contributed by atoms with Gasteiger partial charge in [0, 0.05) is 0 Å². The zero-order chi connectivity index (χ0) is 14.4. The first-order chi connectivity index (χ1) is 8.24. The van der Waals surface area contributed by atoms with Crippen LogP contribution in [0.3, 0.4) is 0 Å². The van der Waals surface area contributed by atoms with Gasteiger partial charge in [-0.1, -0.05) is 81.1 Å². The molecule has 0 aliphatic heterocycles. The second kappa shape index (κ2) is 6.96. The van der Waals surface area contributed by atoms with E-state index >= 15 is 0 Å². The van der Waals surface area contributed by atoms with Crippen LogP contribution in [0.4, 0.5) is 0 Å². The first-order valence-corrected chi connectivity index (χ1v) is 8.24. The minimum Gasteiger partial charge on any atom is -0.0654 e. The molecule has 0 radical (unpaired) electrons. The fourth-order valence-corrected chi connectivity index (χ4v) is 4.25. The Morgan fingerprint density at radius 3 is 1.39 bits per heavy atom. The largest absolute Gasteiger partial charge is 0.0654 e. The Balaban J connectivity index is 5.46. The van der Waals surface area contributed by atoms with Gasteiger partial charge in [-0.2, -0.15) is 0 Å². The predicted molar refractivity (Wildman–Crippen MR) is 85.0 cm³/mol. The summed E-state index contributed by atoms with van der Waals surface area (Å²) in [5.74, 6) is 0. The Morgan fingerprint density at radius 1 is 0.611 bits per heavy atom. The summed E-state index contributed by atoms with van der Waals surface area (Å²) in [7, 11) is 0. The second-order valence-electron chi connectivity index (χ2n) is 7.38. The summed E-state index contributed by atoms with van der Waals surface area (Å²) in [4.78, 5) is 0. The lowest BCUT2D eigenvalue weighted by molar-refractivity contribution is -0.0688. The monoisotopic (exact) mass is 254 g/mol. The molecule has 0 rings (SSSR count). The van der Waals surface area contributed by atoms with Gasteiger partial charge in [0.1, 0.15) is 0 Å². The van der Waals surface area contributed by atoms with E-state index in [0.29, 0.717) is 16.2 Å². The van der Waals surface area contributed by atoms with Gasteiger partial charge in [0.2, 0.25) is 0 Å². The molecule has 0 amide bonds. The van der Waals surface area contributed by atoms with E-state index in [-0.39, 0.29) is 0 Å². The van der Waals surface area contributed by atoms with Gasteiger partial charge in [-0.25, -0.2) is 0 Å². The summed E-state index contributed by atoms with van der Waals surface area (Å²) in [5, 5.41) is 0. The highest BCUT2D eigenvalue weighted by Gasteiger charge is 2.50. The van der Waals surface area contributed by atoms with Crippen molar-refractivity contribution in [1.29, 1.82) is 0 Å². The first kappa shape index (κ1) is 18.0. The molecule has 0 aliphatic rings. The fourth-order valence-electron chi connectivity index (χ4n) is 4.25. The van der Waals surface area contributed by atoms with Crippen LogP contribution in [0.25, 0.3) is 0 Å². The van der Waals surface area contributed by atoms with Crippen molar-refractivity contribution in [3.05, 3.63) is 0 Å². The van der Waals surface area contributed by atoms with E-state index in [9.17, 15) is 0 Å². The normalized spacial score (nSPS) is 19.3. The van der Waals surface area contributed by atoms with E-state index in [1.165, 1.54) is 44.9 Å². The zero-order valence-corrected chi connectivity index (χ0v) is 14.4. The maximum Gasteiger partial charge on any atom is -0.0221 e. The molecule has 0 aromatic rings. The maximum atomic E-state index is 2.57. The smallest absolute Gasteiger partial charge is 0.0221 e. The lowest BCUT2D eigenvalue weighted by atomic mass is 9.48. The Morgan fingerprint density at radius 2 is 1.06 bits per heavy atom. The third-order valence-electron chi connectivity index (χ3n) is 6.03. The molecule has 0 spiro atoms. The highest BCUT2D eigenvalue weighted by molar-refractivity contribution is 5.00. The summed E-state index contributed by atoms with van der Waals surface area (Å²) < 4.78 is 0. The Kier molecular flexibility index (Phi) is 6.96. The van der Waals surface area contributed by atoms with E-state index in [1.807, 2.05) is 0 Å². The van der Waals surface area contributed by atoms with Crippen molar-refractivity contribution < 1.29 is 0 Å². The summed E-state index contributed by atoms with van der Waals surface area (Å²) in [5.41, 5.74) is 1.38. The molecule has 0 heterocycles. The third kappa shape index (κ3) is 3.31. The molecule has 110 valence electrons. The topological polar surface area (TPSA) is 0 Å². The van der Waals surface area contributed by atoms with Crippen LogP contribution in [0.5, 0.6) is 0 Å². The molecule has 0 aromatic heterocycles. The minimum absolute atomic E-state index is 0.442. The number of hydrogen-bond acceptors (Lipinski definition) is 0. The van der Waals surface area contributed by atoms with Crippen LogP contribution in [-0.4, -0.2) is 0 Å². The van der Waals surface area contributed by atoms with Crippen molar-refractivity contribution in [2.75, 3.05) is 0 Å².